The van der Waals surface area contributed by atoms with Crippen LogP contribution < -0.4 is 5.69 Å². The van der Waals surface area contributed by atoms with E-state index in [1.165, 1.54) is 24.1 Å². The van der Waals surface area contributed by atoms with Crippen LogP contribution in [-0.2, 0) is 24.5 Å². The number of carbonyl (C=O) groups excluding carboxylic acids is 1. The number of imidazole rings is 1. The zero-order chi connectivity index (χ0) is 29.6. The van der Waals surface area contributed by atoms with Crippen LogP contribution in [0.4, 0.5) is 18.0 Å². The van der Waals surface area contributed by atoms with Gasteiger partial charge in [-0.05, 0) is 48.1 Å². The van der Waals surface area contributed by atoms with Crippen molar-refractivity contribution in [3.05, 3.63) is 82.1 Å². The largest absolute Gasteiger partial charge is 0.453 e. The fourth-order valence-electron chi connectivity index (χ4n) is 6.07. The molecule has 222 valence electrons. The lowest BCUT2D eigenvalue weighted by molar-refractivity contribution is -0.136. The van der Waals surface area contributed by atoms with Gasteiger partial charge in [-0.1, -0.05) is 18.6 Å². The van der Waals surface area contributed by atoms with E-state index in [1.807, 2.05) is 34.7 Å². The molecular weight excluding hydrogens is 551 g/mol. The first kappa shape index (κ1) is 28.0. The molecule has 1 amide bonds. The molecule has 4 aromatic rings. The topological polar surface area (TPSA) is 89.9 Å². The van der Waals surface area contributed by atoms with Crippen molar-refractivity contribution in [1.29, 1.82) is 0 Å². The van der Waals surface area contributed by atoms with Crippen LogP contribution in [0.5, 0.6) is 0 Å². The van der Waals surface area contributed by atoms with Gasteiger partial charge >= 0.3 is 18.0 Å². The molecule has 2 aliphatic rings. The van der Waals surface area contributed by atoms with Crippen molar-refractivity contribution in [2.45, 2.75) is 37.9 Å². The molecule has 13 heteroatoms. The van der Waals surface area contributed by atoms with Crippen LogP contribution in [0.25, 0.3) is 11.2 Å². The summed E-state index contributed by atoms with van der Waals surface area (Å²) < 4.78 is 51.9. The Labute approximate surface area is 239 Å². The van der Waals surface area contributed by atoms with Gasteiger partial charge in [-0.3, -0.25) is 13.9 Å². The average Bonchev–Trinajstić information content (AvgIpc) is 3.52. The molecule has 1 atom stereocenters. The van der Waals surface area contributed by atoms with E-state index in [2.05, 4.69) is 10.2 Å². The predicted molar refractivity (Wildman–Crippen MR) is 147 cm³/mol. The molecule has 0 radical (unpaired) electrons. The summed E-state index contributed by atoms with van der Waals surface area (Å²) in [5.41, 5.74) is 0.137. The van der Waals surface area contributed by atoms with Crippen LogP contribution in [0, 0.1) is 5.92 Å². The molecule has 10 nitrogen and oxygen atoms in total. The number of rotatable bonds is 6. The number of methoxy groups -OCH3 is 1. The minimum atomic E-state index is -4.66. The third-order valence-electron chi connectivity index (χ3n) is 8.49. The summed E-state index contributed by atoms with van der Waals surface area (Å²) in [4.78, 5) is 28.9. The van der Waals surface area contributed by atoms with Crippen LogP contribution in [0.2, 0.25) is 0 Å². The Hall–Kier alpha value is -4.13. The number of aromatic nitrogens is 5. The van der Waals surface area contributed by atoms with Gasteiger partial charge in [-0.2, -0.15) is 13.2 Å². The lowest BCUT2D eigenvalue weighted by Gasteiger charge is -2.33. The van der Waals surface area contributed by atoms with Gasteiger partial charge in [-0.15, -0.1) is 10.2 Å². The van der Waals surface area contributed by atoms with Crippen molar-refractivity contribution in [2.24, 2.45) is 13.0 Å². The molecule has 1 aliphatic heterocycles. The second-order valence-electron chi connectivity index (χ2n) is 11.1. The highest BCUT2D eigenvalue weighted by Crippen LogP contribution is 2.43. The predicted octanol–water partition coefficient (Wildman–Crippen LogP) is 4.05. The number of hydrogen-bond acceptors (Lipinski definition) is 6. The Kier molecular flexibility index (Phi) is 7.29. The standard InChI is InChI=1S/C29H32F3N7O3/c1-35-18-33-34-26(35)25(20-5-3-6-20)21-7-4-8-22(14-21)38-17-24-23(29(30,31)32)13-19(16-39(24)27(38)40)15-36-9-11-37(12-10-36)28(41)42-2/h4,7-8,13-14,16-18,20,25H,3,5-6,9-12,15H2,1-2H3/t25-/m0/s1. The normalized spacial score (nSPS) is 17.4. The Morgan fingerprint density at radius 1 is 1.12 bits per heavy atom. The number of ether oxygens (including phenoxy) is 1. The van der Waals surface area contributed by atoms with Gasteiger partial charge in [-0.25, -0.2) is 9.59 Å². The molecule has 6 rings (SSSR count). The van der Waals surface area contributed by atoms with Gasteiger partial charge < -0.3 is 14.2 Å². The molecule has 1 saturated carbocycles. The Morgan fingerprint density at radius 3 is 2.50 bits per heavy atom. The van der Waals surface area contributed by atoms with Crippen LogP contribution in [0.3, 0.4) is 0 Å². The third kappa shape index (κ3) is 5.17. The van der Waals surface area contributed by atoms with Crippen molar-refractivity contribution in [3.8, 4) is 5.69 Å². The molecule has 0 spiro atoms. The number of hydrogen-bond donors (Lipinski definition) is 0. The fraction of sp³-hybridized carbons (Fsp3) is 0.448. The van der Waals surface area contributed by atoms with Crippen LogP contribution in [-0.4, -0.2) is 72.9 Å². The van der Waals surface area contributed by atoms with Crippen LogP contribution in [0.15, 0.2) is 53.8 Å². The van der Waals surface area contributed by atoms with Crippen molar-refractivity contribution in [3.63, 3.8) is 0 Å². The van der Waals surface area contributed by atoms with Gasteiger partial charge in [0, 0.05) is 58.1 Å². The van der Waals surface area contributed by atoms with Crippen molar-refractivity contribution < 1.29 is 22.7 Å². The lowest BCUT2D eigenvalue weighted by atomic mass is 9.72. The Bertz CT molecular complexity index is 1660. The third-order valence-corrected chi connectivity index (χ3v) is 8.49. The Morgan fingerprint density at radius 2 is 1.88 bits per heavy atom. The first-order valence-electron chi connectivity index (χ1n) is 14.0. The first-order chi connectivity index (χ1) is 20.1. The summed E-state index contributed by atoms with van der Waals surface area (Å²) in [5.74, 6) is 1.17. The number of nitrogens with zero attached hydrogens (tertiary/aromatic N) is 7. The van der Waals surface area contributed by atoms with E-state index in [1.54, 1.807) is 17.3 Å². The van der Waals surface area contributed by atoms with Gasteiger partial charge in [0.05, 0.1) is 23.9 Å². The molecule has 1 aromatic carbocycles. The molecular formula is C29H32F3N7O3. The van der Waals surface area contributed by atoms with E-state index in [0.717, 1.165) is 41.1 Å². The number of pyridine rings is 1. The highest BCUT2D eigenvalue weighted by atomic mass is 19.4. The number of fused-ring (bicyclic) bond motifs is 1. The summed E-state index contributed by atoms with van der Waals surface area (Å²) in [6.07, 6.45) is 2.55. The van der Waals surface area contributed by atoms with Crippen molar-refractivity contribution >= 4 is 11.6 Å². The Balaban J connectivity index is 1.36. The number of carbonyl (C=O) groups is 1. The average molecular weight is 584 g/mol. The summed E-state index contributed by atoms with van der Waals surface area (Å²) in [5, 5.41) is 8.40. The summed E-state index contributed by atoms with van der Waals surface area (Å²) in [6, 6.07) is 8.51. The molecule has 0 N–H and O–H groups in total. The second-order valence-corrected chi connectivity index (χ2v) is 11.1. The highest BCUT2D eigenvalue weighted by molar-refractivity contribution is 5.67. The van der Waals surface area contributed by atoms with Crippen LogP contribution >= 0.6 is 0 Å². The van der Waals surface area contributed by atoms with Gasteiger partial charge in [0.15, 0.2) is 0 Å². The maximum absolute atomic E-state index is 14.3. The minimum Gasteiger partial charge on any atom is -0.453 e. The molecule has 2 fully saturated rings. The lowest BCUT2D eigenvalue weighted by Crippen LogP contribution is -2.48. The maximum atomic E-state index is 14.3. The highest BCUT2D eigenvalue weighted by Gasteiger charge is 2.36. The number of benzene rings is 1. The van der Waals surface area contributed by atoms with Gasteiger partial charge in [0.2, 0.25) is 0 Å². The zero-order valence-electron chi connectivity index (χ0n) is 23.4. The van der Waals surface area contributed by atoms with E-state index in [0.29, 0.717) is 43.3 Å². The second kappa shape index (κ2) is 10.9. The number of amides is 1. The number of piperazine rings is 1. The maximum Gasteiger partial charge on any atom is 0.418 e. The SMILES string of the molecule is COC(=O)N1CCN(Cc2cc(C(F)(F)F)c3cn(-c4cccc([C@@H](c5nncn5C)C5CCC5)c4)c(=O)n3c2)CC1. The van der Waals surface area contributed by atoms with E-state index in [4.69, 9.17) is 4.74 Å². The molecule has 0 unspecified atom stereocenters. The molecule has 0 bridgehead atoms. The van der Waals surface area contributed by atoms with Crippen molar-refractivity contribution in [1.82, 2.24) is 33.5 Å². The quantitative estimate of drug-likeness (QED) is 0.340. The number of halogens is 3. The summed E-state index contributed by atoms with van der Waals surface area (Å²) in [6.45, 7) is 1.98. The molecule has 3 aromatic heterocycles. The minimum absolute atomic E-state index is 0.0316. The number of aryl methyl sites for hydroxylation is 1. The molecule has 42 heavy (non-hydrogen) atoms. The summed E-state index contributed by atoms with van der Waals surface area (Å²) in [7, 11) is 3.21. The first-order valence-corrected chi connectivity index (χ1v) is 14.0. The van der Waals surface area contributed by atoms with E-state index >= 15 is 0 Å². The fourth-order valence-corrected chi connectivity index (χ4v) is 6.07. The smallest absolute Gasteiger partial charge is 0.418 e. The molecule has 1 saturated heterocycles. The number of alkyl halides is 3. The van der Waals surface area contributed by atoms with Gasteiger partial charge in [0.1, 0.15) is 12.2 Å². The van der Waals surface area contributed by atoms with E-state index < -0.39 is 23.5 Å². The van der Waals surface area contributed by atoms with E-state index in [-0.39, 0.29) is 18.0 Å². The monoisotopic (exact) mass is 583 g/mol. The van der Waals surface area contributed by atoms with E-state index in [9.17, 15) is 22.8 Å². The molecule has 1 aliphatic carbocycles. The van der Waals surface area contributed by atoms with Crippen LogP contribution in [0.1, 0.15) is 47.7 Å². The van der Waals surface area contributed by atoms with Crippen molar-refractivity contribution in [2.75, 3.05) is 33.3 Å². The summed E-state index contributed by atoms with van der Waals surface area (Å²) >= 11 is 0. The van der Waals surface area contributed by atoms with Gasteiger partial charge in [0.25, 0.3) is 0 Å². The zero-order valence-corrected chi connectivity index (χ0v) is 23.4. The molecule has 4 heterocycles.